The molecule has 0 fully saturated rings. The van der Waals surface area contributed by atoms with Crippen LogP contribution in [0.5, 0.6) is 0 Å². The molecule has 184 valence electrons. The summed E-state index contributed by atoms with van der Waals surface area (Å²) in [5.74, 6) is -0.184. The van der Waals surface area contributed by atoms with Crippen LogP contribution >= 0.6 is 0 Å². The van der Waals surface area contributed by atoms with Gasteiger partial charge >= 0.3 is 5.69 Å². The smallest absolute Gasteiger partial charge is 0.330 e. The zero-order valence-electron chi connectivity index (χ0n) is 20.3. The third-order valence-corrected chi connectivity index (χ3v) is 6.68. The normalized spacial score (nSPS) is 13.7. The first-order valence-electron chi connectivity index (χ1n) is 12.2. The van der Waals surface area contributed by atoms with Crippen LogP contribution in [0.25, 0.3) is 0 Å². The lowest BCUT2D eigenvalue weighted by atomic mass is 9.89. The van der Waals surface area contributed by atoms with Crippen molar-refractivity contribution in [2.45, 2.75) is 52.1 Å². The number of nitrogens with zero attached hydrogens (tertiary/aromatic N) is 2. The van der Waals surface area contributed by atoms with Gasteiger partial charge in [-0.3, -0.25) is 19.1 Å². The van der Waals surface area contributed by atoms with Crippen LogP contribution in [0.1, 0.15) is 55.0 Å². The molecule has 0 saturated heterocycles. The average molecular weight is 476 g/mol. The number of amides is 1. The third-order valence-electron chi connectivity index (χ3n) is 6.68. The Bertz CT molecular complexity index is 1310. The van der Waals surface area contributed by atoms with Crippen molar-refractivity contribution >= 4 is 17.4 Å². The van der Waals surface area contributed by atoms with Gasteiger partial charge in [0.1, 0.15) is 11.5 Å². The first-order valence-corrected chi connectivity index (χ1v) is 12.2. The van der Waals surface area contributed by atoms with E-state index >= 15 is 0 Å². The number of aromatic nitrogens is 2. The summed E-state index contributed by atoms with van der Waals surface area (Å²) in [5, 5.41) is 3.04. The van der Waals surface area contributed by atoms with Gasteiger partial charge in [0.05, 0.1) is 19.1 Å². The van der Waals surface area contributed by atoms with Gasteiger partial charge < -0.3 is 16.0 Å². The van der Waals surface area contributed by atoms with E-state index in [-0.39, 0.29) is 36.5 Å². The topological polar surface area (TPSA) is 113 Å². The van der Waals surface area contributed by atoms with Gasteiger partial charge in [-0.05, 0) is 61.8 Å². The minimum atomic E-state index is -0.603. The van der Waals surface area contributed by atoms with E-state index in [9.17, 15) is 14.4 Å². The lowest BCUT2D eigenvalue weighted by molar-refractivity contribution is -0.120. The molecule has 1 unspecified atom stereocenters. The minimum Gasteiger partial charge on any atom is -0.383 e. The van der Waals surface area contributed by atoms with Gasteiger partial charge in [-0.1, -0.05) is 48.5 Å². The Morgan fingerprint density at radius 1 is 1.11 bits per heavy atom. The molecule has 1 aliphatic carbocycles. The van der Waals surface area contributed by atoms with Crippen LogP contribution in [-0.2, 0) is 24.2 Å². The van der Waals surface area contributed by atoms with E-state index in [0.29, 0.717) is 6.54 Å². The molecule has 4 rings (SSSR count). The second kappa shape index (κ2) is 10.6. The molecule has 0 radical (unpaired) electrons. The lowest BCUT2D eigenvalue weighted by Gasteiger charge is -2.25. The van der Waals surface area contributed by atoms with Crippen LogP contribution in [0, 0.1) is 0 Å². The van der Waals surface area contributed by atoms with Crippen molar-refractivity contribution < 1.29 is 4.79 Å². The van der Waals surface area contributed by atoms with Crippen molar-refractivity contribution in [1.82, 2.24) is 14.9 Å². The van der Waals surface area contributed by atoms with E-state index in [1.54, 1.807) is 4.90 Å². The first kappa shape index (κ1) is 24.3. The molecular formula is C27H33N5O3. The number of likely N-dealkylation sites (N-methyl/N-ethyl adjacent to an activating group) is 1. The standard InChI is InChI=1S/C27H33N5O3/c1-3-31(17-23(33)29-18(2)21-14-13-20-11-7-8-12-22(20)15-21)24-25(28)32(27(35)30-26(24)34)16-19-9-5-4-6-10-19/h4-6,9-10,13-15,18H,3,7-8,11-12,16-17,28H2,1-2H3,(H,29,33)(H,30,34,35). The molecular weight excluding hydrogens is 442 g/mol. The van der Waals surface area contributed by atoms with E-state index in [2.05, 4.69) is 28.5 Å². The van der Waals surface area contributed by atoms with Crippen molar-refractivity contribution in [2.24, 2.45) is 0 Å². The summed E-state index contributed by atoms with van der Waals surface area (Å²) < 4.78 is 1.32. The molecule has 1 aromatic heterocycles. The number of nitrogens with two attached hydrogens (primary N) is 1. The molecule has 1 amide bonds. The number of aromatic amines is 1. The van der Waals surface area contributed by atoms with Crippen LogP contribution in [0.3, 0.4) is 0 Å². The number of benzene rings is 2. The van der Waals surface area contributed by atoms with Gasteiger partial charge in [0.15, 0.2) is 0 Å². The van der Waals surface area contributed by atoms with E-state index in [1.165, 1.54) is 28.5 Å². The first-order chi connectivity index (χ1) is 16.9. The van der Waals surface area contributed by atoms with Crippen molar-refractivity contribution in [3.8, 4) is 0 Å². The Morgan fingerprint density at radius 3 is 2.54 bits per heavy atom. The molecule has 0 spiro atoms. The highest BCUT2D eigenvalue weighted by Crippen LogP contribution is 2.25. The van der Waals surface area contributed by atoms with Crippen molar-refractivity contribution in [1.29, 1.82) is 0 Å². The molecule has 1 heterocycles. The number of nitrogen functional groups attached to an aromatic ring is 1. The predicted octanol–water partition coefficient (Wildman–Crippen LogP) is 2.75. The fraction of sp³-hybridized carbons (Fsp3) is 0.370. The van der Waals surface area contributed by atoms with Crippen molar-refractivity contribution in [2.75, 3.05) is 23.7 Å². The molecule has 8 heteroatoms. The number of nitrogens with one attached hydrogen (secondary N) is 2. The summed E-state index contributed by atoms with van der Waals surface area (Å²) >= 11 is 0. The maximum atomic E-state index is 12.9. The van der Waals surface area contributed by atoms with Crippen LogP contribution in [0.2, 0.25) is 0 Å². The van der Waals surface area contributed by atoms with E-state index in [4.69, 9.17) is 5.73 Å². The van der Waals surface area contributed by atoms with E-state index in [1.807, 2.05) is 44.2 Å². The van der Waals surface area contributed by atoms with Gasteiger partial charge in [0.2, 0.25) is 5.91 Å². The Kier molecular flexibility index (Phi) is 7.39. The second-order valence-electron chi connectivity index (χ2n) is 9.10. The van der Waals surface area contributed by atoms with Gasteiger partial charge in [-0.15, -0.1) is 0 Å². The SMILES string of the molecule is CCN(CC(=O)NC(C)c1ccc2c(c1)CCCC2)c1c(N)n(Cc2ccccc2)c(=O)[nH]c1=O. The minimum absolute atomic E-state index is 0.0417. The summed E-state index contributed by atoms with van der Waals surface area (Å²) in [7, 11) is 0. The molecule has 3 aromatic rings. The number of H-pyrrole nitrogens is 1. The summed E-state index contributed by atoms with van der Waals surface area (Å²) in [6, 6.07) is 15.7. The molecule has 0 saturated carbocycles. The van der Waals surface area contributed by atoms with Crippen LogP contribution < -0.4 is 27.2 Å². The molecule has 0 aliphatic heterocycles. The highest BCUT2D eigenvalue weighted by atomic mass is 16.2. The van der Waals surface area contributed by atoms with Gasteiger partial charge in [0, 0.05) is 6.54 Å². The largest absolute Gasteiger partial charge is 0.383 e. The summed E-state index contributed by atoms with van der Waals surface area (Å²) in [6.07, 6.45) is 4.62. The maximum absolute atomic E-state index is 12.9. The molecule has 0 bridgehead atoms. The zero-order chi connectivity index (χ0) is 24.9. The van der Waals surface area contributed by atoms with Gasteiger partial charge in [-0.2, -0.15) is 0 Å². The number of fused-ring (bicyclic) bond motifs is 1. The molecule has 2 aromatic carbocycles. The number of carbonyl (C=O) groups is 1. The van der Waals surface area contributed by atoms with Crippen LogP contribution in [0.4, 0.5) is 11.5 Å². The molecule has 35 heavy (non-hydrogen) atoms. The van der Waals surface area contributed by atoms with Gasteiger partial charge in [-0.25, -0.2) is 4.79 Å². The van der Waals surface area contributed by atoms with E-state index in [0.717, 1.165) is 24.0 Å². The fourth-order valence-electron chi connectivity index (χ4n) is 4.72. The maximum Gasteiger partial charge on any atom is 0.330 e. The number of anilines is 2. The number of rotatable bonds is 8. The van der Waals surface area contributed by atoms with Crippen LogP contribution in [-0.4, -0.2) is 28.5 Å². The number of aryl methyl sites for hydroxylation is 2. The van der Waals surface area contributed by atoms with Crippen LogP contribution in [0.15, 0.2) is 58.1 Å². The Morgan fingerprint density at radius 2 is 1.83 bits per heavy atom. The Balaban J connectivity index is 1.51. The number of carbonyl (C=O) groups excluding carboxylic acids is 1. The van der Waals surface area contributed by atoms with Crippen molar-refractivity contribution in [3.05, 3.63) is 91.6 Å². The second-order valence-corrected chi connectivity index (χ2v) is 9.10. The highest BCUT2D eigenvalue weighted by molar-refractivity contribution is 5.82. The average Bonchev–Trinajstić information content (AvgIpc) is 2.86. The molecule has 4 N–H and O–H groups in total. The number of hydrogen-bond donors (Lipinski definition) is 3. The summed E-state index contributed by atoms with van der Waals surface area (Å²) in [5.41, 5.74) is 9.96. The Labute approximate surface area is 204 Å². The predicted molar refractivity (Wildman–Crippen MR) is 139 cm³/mol. The molecule has 1 aliphatic rings. The fourth-order valence-corrected chi connectivity index (χ4v) is 4.72. The zero-order valence-corrected chi connectivity index (χ0v) is 20.3. The lowest BCUT2D eigenvalue weighted by Crippen LogP contribution is -2.43. The monoisotopic (exact) mass is 475 g/mol. The molecule has 1 atom stereocenters. The summed E-state index contributed by atoms with van der Waals surface area (Å²) in [4.78, 5) is 42.1. The number of hydrogen-bond acceptors (Lipinski definition) is 5. The Hall–Kier alpha value is -3.81. The summed E-state index contributed by atoms with van der Waals surface area (Å²) in [6.45, 7) is 4.33. The third kappa shape index (κ3) is 5.48. The van der Waals surface area contributed by atoms with Crippen molar-refractivity contribution in [3.63, 3.8) is 0 Å². The highest BCUT2D eigenvalue weighted by Gasteiger charge is 2.21. The molecule has 8 nitrogen and oxygen atoms in total. The van der Waals surface area contributed by atoms with E-state index < -0.39 is 11.2 Å². The quantitative estimate of drug-likeness (QED) is 0.464. The van der Waals surface area contributed by atoms with Gasteiger partial charge in [0.25, 0.3) is 5.56 Å².